The first-order chi connectivity index (χ1) is 17.3. The van der Waals surface area contributed by atoms with Gasteiger partial charge in [0.25, 0.3) is 5.91 Å². The van der Waals surface area contributed by atoms with E-state index >= 15 is 0 Å². The largest absolute Gasteiger partial charge is 0.494 e. The molecular formula is C26H33ClN4O5. The molecule has 1 atom stereocenters. The van der Waals surface area contributed by atoms with Crippen molar-refractivity contribution in [1.82, 2.24) is 15.5 Å². The molecule has 0 saturated heterocycles. The van der Waals surface area contributed by atoms with E-state index < -0.39 is 0 Å². The lowest BCUT2D eigenvalue weighted by Gasteiger charge is -2.29. The number of anilines is 1. The van der Waals surface area contributed by atoms with Gasteiger partial charge < -0.3 is 29.9 Å². The molecule has 1 aliphatic heterocycles. The molecule has 0 spiro atoms. The van der Waals surface area contributed by atoms with Crippen LogP contribution < -0.4 is 20.3 Å². The van der Waals surface area contributed by atoms with E-state index in [9.17, 15) is 14.4 Å². The van der Waals surface area contributed by atoms with Crippen molar-refractivity contribution in [2.24, 2.45) is 0 Å². The van der Waals surface area contributed by atoms with Crippen LogP contribution in [0.4, 0.5) is 10.5 Å². The Kier molecular flexibility index (Phi) is 9.95. The van der Waals surface area contributed by atoms with Gasteiger partial charge in [0.2, 0.25) is 5.91 Å². The smallest absolute Gasteiger partial charge is 0.318 e. The molecule has 10 heteroatoms. The average molecular weight is 517 g/mol. The molecule has 0 radical (unpaired) electrons. The minimum Gasteiger partial charge on any atom is -0.494 e. The van der Waals surface area contributed by atoms with Crippen LogP contribution >= 0.6 is 11.6 Å². The molecule has 36 heavy (non-hydrogen) atoms. The number of nitrogens with one attached hydrogen (secondary N) is 2. The summed E-state index contributed by atoms with van der Waals surface area (Å²) in [5.41, 5.74) is 1.88. The zero-order valence-corrected chi connectivity index (χ0v) is 21.6. The normalized spacial score (nSPS) is 15.1. The van der Waals surface area contributed by atoms with Crippen LogP contribution in [0.25, 0.3) is 0 Å². The molecule has 0 saturated carbocycles. The Labute approximate surface area is 216 Å². The number of hydrogen-bond donors (Lipinski definition) is 2. The zero-order chi connectivity index (χ0) is 26.1. The molecular weight excluding hydrogens is 484 g/mol. The molecule has 3 rings (SSSR count). The van der Waals surface area contributed by atoms with Gasteiger partial charge in [-0.15, -0.1) is 0 Å². The highest BCUT2D eigenvalue weighted by Crippen LogP contribution is 2.31. The van der Waals surface area contributed by atoms with Crippen molar-refractivity contribution >= 4 is 35.1 Å². The molecule has 0 aliphatic carbocycles. The highest BCUT2D eigenvalue weighted by atomic mass is 35.5. The lowest BCUT2D eigenvalue weighted by molar-refractivity contribution is -0.120. The van der Waals surface area contributed by atoms with Crippen molar-refractivity contribution in [3.8, 4) is 5.75 Å². The van der Waals surface area contributed by atoms with Crippen molar-refractivity contribution < 1.29 is 23.9 Å². The first kappa shape index (κ1) is 27.3. The van der Waals surface area contributed by atoms with Crippen molar-refractivity contribution in [3.63, 3.8) is 0 Å². The molecule has 2 aromatic carbocycles. The van der Waals surface area contributed by atoms with E-state index in [-0.39, 0.29) is 43.5 Å². The highest BCUT2D eigenvalue weighted by Gasteiger charge is 2.32. The molecule has 1 heterocycles. The standard InChI is InChI=1S/C26H33ClN4O5/c1-4-35-13-12-28-24(32)15-29-26(34)30-17-19-8-6-7-9-23(19)31(16-18(30)3)25(33)21-11-10-20(36-5-2)14-22(21)27/h6-11,14,18H,4-5,12-13,15-17H2,1-3H3,(H,28,32)(H,29,34)/t18-/m1/s1. The molecule has 0 unspecified atom stereocenters. The Morgan fingerprint density at radius 2 is 1.86 bits per heavy atom. The second-order valence-electron chi connectivity index (χ2n) is 8.30. The zero-order valence-electron chi connectivity index (χ0n) is 20.9. The van der Waals surface area contributed by atoms with Gasteiger partial charge in [-0.05, 0) is 50.6 Å². The third-order valence-electron chi connectivity index (χ3n) is 5.76. The first-order valence-electron chi connectivity index (χ1n) is 12.1. The number of carbonyl (C=O) groups is 3. The van der Waals surface area contributed by atoms with Crippen LogP contribution in [-0.2, 0) is 16.1 Å². The lowest BCUT2D eigenvalue weighted by Crippen LogP contribution is -2.50. The summed E-state index contributed by atoms with van der Waals surface area (Å²) >= 11 is 6.44. The van der Waals surface area contributed by atoms with Crippen LogP contribution in [0.1, 0.15) is 36.7 Å². The lowest BCUT2D eigenvalue weighted by atomic mass is 10.1. The maximum absolute atomic E-state index is 13.6. The van der Waals surface area contributed by atoms with Crippen molar-refractivity contribution in [1.29, 1.82) is 0 Å². The maximum Gasteiger partial charge on any atom is 0.318 e. The Morgan fingerprint density at radius 1 is 1.08 bits per heavy atom. The third kappa shape index (κ3) is 6.89. The summed E-state index contributed by atoms with van der Waals surface area (Å²) in [5.74, 6) is 0.0274. The SMILES string of the molecule is CCOCCNC(=O)CNC(=O)N1Cc2ccccc2N(C(=O)c2ccc(OCC)cc2Cl)C[C@H]1C. The van der Waals surface area contributed by atoms with E-state index in [4.69, 9.17) is 21.1 Å². The van der Waals surface area contributed by atoms with Crippen LogP contribution in [-0.4, -0.2) is 68.2 Å². The van der Waals surface area contributed by atoms with Gasteiger partial charge in [-0.3, -0.25) is 9.59 Å². The van der Waals surface area contributed by atoms with Crippen LogP contribution in [0.3, 0.4) is 0 Å². The molecule has 194 valence electrons. The number of urea groups is 1. The number of hydrogen-bond acceptors (Lipinski definition) is 5. The van der Waals surface area contributed by atoms with Crippen LogP contribution in [0.15, 0.2) is 42.5 Å². The minimum absolute atomic E-state index is 0.153. The Bertz CT molecular complexity index is 1080. The number of para-hydroxylation sites is 1. The number of ether oxygens (including phenoxy) is 2. The fourth-order valence-electron chi connectivity index (χ4n) is 3.97. The summed E-state index contributed by atoms with van der Waals surface area (Å²) in [6.45, 7) is 7.87. The molecule has 2 N–H and O–H groups in total. The van der Waals surface area contributed by atoms with E-state index in [0.717, 1.165) is 5.56 Å². The van der Waals surface area contributed by atoms with Crippen molar-refractivity contribution in [2.75, 3.05) is 44.4 Å². The fraction of sp³-hybridized carbons (Fsp3) is 0.423. The van der Waals surface area contributed by atoms with Gasteiger partial charge in [0.05, 0.1) is 30.3 Å². The van der Waals surface area contributed by atoms with Crippen molar-refractivity contribution in [3.05, 3.63) is 58.6 Å². The molecule has 2 aromatic rings. The number of carbonyl (C=O) groups excluding carboxylic acids is 3. The average Bonchev–Trinajstić information content (AvgIpc) is 3.01. The molecule has 0 fully saturated rings. The maximum atomic E-state index is 13.6. The topological polar surface area (TPSA) is 100 Å². The molecule has 0 aromatic heterocycles. The number of fused-ring (bicyclic) bond motifs is 1. The number of amides is 4. The van der Waals surface area contributed by atoms with Gasteiger partial charge in [-0.25, -0.2) is 4.79 Å². The molecule has 4 amide bonds. The Morgan fingerprint density at radius 3 is 2.58 bits per heavy atom. The predicted octanol–water partition coefficient (Wildman–Crippen LogP) is 3.45. The summed E-state index contributed by atoms with van der Waals surface area (Å²) in [6.07, 6.45) is 0. The number of halogens is 1. The predicted molar refractivity (Wildman–Crippen MR) is 139 cm³/mol. The number of rotatable bonds is 9. The van der Waals surface area contributed by atoms with Crippen LogP contribution in [0, 0.1) is 0 Å². The summed E-state index contributed by atoms with van der Waals surface area (Å²) in [4.78, 5) is 42.0. The van der Waals surface area contributed by atoms with Crippen LogP contribution in [0.5, 0.6) is 5.75 Å². The third-order valence-corrected chi connectivity index (χ3v) is 6.08. The van der Waals surface area contributed by atoms with Gasteiger partial charge in [-0.1, -0.05) is 29.8 Å². The number of benzene rings is 2. The van der Waals surface area contributed by atoms with E-state index in [1.807, 2.05) is 45.0 Å². The monoisotopic (exact) mass is 516 g/mol. The summed E-state index contributed by atoms with van der Waals surface area (Å²) in [6, 6.07) is 11.7. The van der Waals surface area contributed by atoms with Gasteiger partial charge in [0.1, 0.15) is 5.75 Å². The van der Waals surface area contributed by atoms with E-state index in [1.165, 1.54) is 0 Å². The number of nitrogens with zero attached hydrogens (tertiary/aromatic N) is 2. The summed E-state index contributed by atoms with van der Waals surface area (Å²) in [5, 5.41) is 5.68. The first-order valence-corrected chi connectivity index (χ1v) is 12.4. The van der Waals surface area contributed by atoms with E-state index in [0.29, 0.717) is 48.4 Å². The Balaban J connectivity index is 1.74. The van der Waals surface area contributed by atoms with Gasteiger partial charge in [0.15, 0.2) is 0 Å². The van der Waals surface area contributed by atoms with Gasteiger partial charge in [-0.2, -0.15) is 0 Å². The minimum atomic E-state index is -0.384. The van der Waals surface area contributed by atoms with Crippen molar-refractivity contribution in [2.45, 2.75) is 33.4 Å². The van der Waals surface area contributed by atoms with E-state index in [1.54, 1.807) is 28.0 Å². The summed E-state index contributed by atoms with van der Waals surface area (Å²) in [7, 11) is 0. The molecule has 0 bridgehead atoms. The van der Waals surface area contributed by atoms with Gasteiger partial charge in [0, 0.05) is 38.0 Å². The fourth-order valence-corrected chi connectivity index (χ4v) is 4.22. The second-order valence-corrected chi connectivity index (χ2v) is 8.71. The molecule has 9 nitrogen and oxygen atoms in total. The quantitative estimate of drug-likeness (QED) is 0.497. The van der Waals surface area contributed by atoms with Crippen LogP contribution in [0.2, 0.25) is 5.02 Å². The Hall–Kier alpha value is -3.30. The van der Waals surface area contributed by atoms with E-state index in [2.05, 4.69) is 10.6 Å². The second kappa shape index (κ2) is 13.1. The van der Waals surface area contributed by atoms with Gasteiger partial charge >= 0.3 is 6.03 Å². The summed E-state index contributed by atoms with van der Waals surface area (Å²) < 4.78 is 10.7. The highest BCUT2D eigenvalue weighted by molar-refractivity contribution is 6.34. The molecule has 1 aliphatic rings.